The first-order chi connectivity index (χ1) is 11.7. The van der Waals surface area contributed by atoms with E-state index in [1.807, 2.05) is 30.3 Å². The lowest BCUT2D eigenvalue weighted by Crippen LogP contribution is -2.56. The second-order valence-corrected chi connectivity index (χ2v) is 7.30. The number of carbonyl (C=O) groups excluding carboxylic acids is 1. The molecule has 2 N–H and O–H groups in total. The maximum Gasteiger partial charge on any atom is 0.411 e. The number of hydrogen-bond acceptors (Lipinski definition) is 5. The molecule has 1 fully saturated rings. The Hall–Kier alpha value is -2.12. The maximum atomic E-state index is 12.4. The van der Waals surface area contributed by atoms with Gasteiger partial charge in [-0.05, 0) is 39.2 Å². The molecule has 1 saturated heterocycles. The van der Waals surface area contributed by atoms with Gasteiger partial charge in [0.25, 0.3) is 0 Å². The lowest BCUT2D eigenvalue weighted by molar-refractivity contribution is -0.162. The minimum absolute atomic E-state index is 0.106. The minimum atomic E-state index is -1.06. The number of carboxylic acid groups (broad SMARTS) is 1. The molecular weight excluding hydrogens is 324 g/mol. The summed E-state index contributed by atoms with van der Waals surface area (Å²) in [4.78, 5) is 25.1. The fourth-order valence-electron chi connectivity index (χ4n) is 2.87. The first-order valence-electron chi connectivity index (χ1n) is 8.39. The van der Waals surface area contributed by atoms with Gasteiger partial charge in [0, 0.05) is 13.1 Å². The molecule has 25 heavy (non-hydrogen) atoms. The molecule has 0 spiro atoms. The smallest absolute Gasteiger partial charge is 0.411 e. The Morgan fingerprint density at radius 2 is 1.88 bits per heavy atom. The fourth-order valence-corrected chi connectivity index (χ4v) is 2.87. The highest BCUT2D eigenvalue weighted by Gasteiger charge is 2.39. The zero-order valence-electron chi connectivity index (χ0n) is 14.9. The molecule has 2 rings (SSSR count). The number of nitrogens with zero attached hydrogens (tertiary/aromatic N) is 2. The van der Waals surface area contributed by atoms with Gasteiger partial charge in [-0.3, -0.25) is 4.90 Å². The summed E-state index contributed by atoms with van der Waals surface area (Å²) in [5, 5.41) is 21.0. The topological polar surface area (TPSA) is 90.3 Å². The molecule has 1 aliphatic heterocycles. The fraction of sp³-hybridized carbons (Fsp3) is 0.556. The number of hydrogen-bond donors (Lipinski definition) is 2. The van der Waals surface area contributed by atoms with Crippen LogP contribution in [0.5, 0.6) is 0 Å². The molecule has 1 amide bonds. The van der Waals surface area contributed by atoms with E-state index in [1.54, 1.807) is 20.8 Å². The summed E-state index contributed by atoms with van der Waals surface area (Å²) in [5.41, 5.74) is 0.227. The Labute approximate surface area is 147 Å². The van der Waals surface area contributed by atoms with Crippen molar-refractivity contribution in [2.24, 2.45) is 0 Å². The van der Waals surface area contributed by atoms with Crippen LogP contribution in [0.25, 0.3) is 0 Å². The molecule has 1 aliphatic rings. The van der Waals surface area contributed by atoms with E-state index in [9.17, 15) is 19.9 Å². The normalized spacial score (nSPS) is 21.2. The number of benzene rings is 1. The van der Waals surface area contributed by atoms with Crippen molar-refractivity contribution in [3.63, 3.8) is 0 Å². The van der Waals surface area contributed by atoms with Crippen molar-refractivity contribution in [1.82, 2.24) is 9.96 Å². The van der Waals surface area contributed by atoms with Crippen molar-refractivity contribution >= 4 is 12.1 Å². The maximum absolute atomic E-state index is 12.4. The average Bonchev–Trinajstić information content (AvgIpc) is 2.53. The highest BCUT2D eigenvalue weighted by molar-refractivity contribution is 5.80. The Morgan fingerprint density at radius 1 is 1.24 bits per heavy atom. The van der Waals surface area contributed by atoms with Gasteiger partial charge in [-0.2, -0.15) is 5.06 Å². The second-order valence-electron chi connectivity index (χ2n) is 7.30. The molecule has 7 heteroatoms. The molecule has 7 nitrogen and oxygen atoms in total. The van der Waals surface area contributed by atoms with Crippen LogP contribution in [0.1, 0.15) is 39.2 Å². The highest BCUT2D eigenvalue weighted by atomic mass is 16.6. The van der Waals surface area contributed by atoms with Crippen LogP contribution >= 0.6 is 0 Å². The summed E-state index contributed by atoms with van der Waals surface area (Å²) in [6, 6.07) is 8.19. The van der Waals surface area contributed by atoms with E-state index in [4.69, 9.17) is 4.74 Å². The van der Waals surface area contributed by atoms with Crippen molar-refractivity contribution in [3.05, 3.63) is 35.9 Å². The van der Waals surface area contributed by atoms with E-state index < -0.39 is 23.7 Å². The Morgan fingerprint density at radius 3 is 2.44 bits per heavy atom. The van der Waals surface area contributed by atoms with Crippen molar-refractivity contribution in [2.75, 3.05) is 6.54 Å². The minimum Gasteiger partial charge on any atom is -0.480 e. The third-order valence-electron chi connectivity index (χ3n) is 4.08. The third kappa shape index (κ3) is 5.44. The van der Waals surface area contributed by atoms with Crippen LogP contribution in [0.15, 0.2) is 30.3 Å². The number of likely N-dealkylation sites (tertiary alicyclic amines) is 1. The van der Waals surface area contributed by atoms with Gasteiger partial charge in [0.1, 0.15) is 11.6 Å². The number of rotatable bonds is 4. The number of aliphatic carboxylic acids is 1. The summed E-state index contributed by atoms with van der Waals surface area (Å²) in [5.74, 6) is -1.06. The molecule has 0 radical (unpaired) electrons. The molecule has 0 saturated carbocycles. The van der Waals surface area contributed by atoms with Crippen LogP contribution in [-0.2, 0) is 16.1 Å². The Bertz CT molecular complexity index is 599. The summed E-state index contributed by atoms with van der Waals surface area (Å²) in [7, 11) is 0. The molecule has 138 valence electrons. The molecule has 0 unspecified atom stereocenters. The van der Waals surface area contributed by atoms with Gasteiger partial charge in [-0.15, -0.1) is 0 Å². The number of carboxylic acids is 1. The van der Waals surface area contributed by atoms with Gasteiger partial charge in [-0.1, -0.05) is 30.3 Å². The first-order valence-corrected chi connectivity index (χ1v) is 8.39. The Balaban J connectivity index is 2.07. The van der Waals surface area contributed by atoms with E-state index in [0.29, 0.717) is 13.0 Å². The van der Waals surface area contributed by atoms with Gasteiger partial charge >= 0.3 is 12.1 Å². The van der Waals surface area contributed by atoms with Gasteiger partial charge in [0.05, 0.1) is 6.04 Å². The molecule has 0 aromatic heterocycles. The van der Waals surface area contributed by atoms with Crippen LogP contribution in [0.2, 0.25) is 0 Å². The van der Waals surface area contributed by atoms with Crippen molar-refractivity contribution in [1.29, 1.82) is 0 Å². The standard InChI is InChI=1S/C18H26N2O5/c1-18(2,3)25-17(23)19-12-14(9-10-15(19)16(21)22)20(24)11-13-7-5-4-6-8-13/h4-8,14-15,24H,9-12H2,1-3H3,(H,21,22)/t14-,15+/m1/s1. The molecule has 1 aromatic rings. The molecule has 0 bridgehead atoms. The molecule has 1 aromatic carbocycles. The van der Waals surface area contributed by atoms with Crippen LogP contribution in [0, 0.1) is 0 Å². The molecule has 2 atom stereocenters. The zero-order valence-corrected chi connectivity index (χ0v) is 14.9. The van der Waals surface area contributed by atoms with Crippen molar-refractivity contribution in [2.45, 2.75) is 57.8 Å². The quantitative estimate of drug-likeness (QED) is 0.812. The summed E-state index contributed by atoms with van der Waals surface area (Å²) in [6.45, 7) is 5.61. The van der Waals surface area contributed by atoms with E-state index in [1.165, 1.54) is 9.96 Å². The lowest BCUT2D eigenvalue weighted by Gasteiger charge is -2.40. The number of ether oxygens (including phenoxy) is 1. The predicted molar refractivity (Wildman–Crippen MR) is 91.2 cm³/mol. The molecule has 1 heterocycles. The van der Waals surface area contributed by atoms with Crippen LogP contribution in [-0.4, -0.2) is 56.6 Å². The van der Waals surface area contributed by atoms with E-state index in [-0.39, 0.29) is 19.0 Å². The number of carbonyl (C=O) groups is 2. The van der Waals surface area contributed by atoms with Crippen molar-refractivity contribution in [3.8, 4) is 0 Å². The number of piperidine rings is 1. The van der Waals surface area contributed by atoms with Crippen LogP contribution < -0.4 is 0 Å². The monoisotopic (exact) mass is 350 g/mol. The molecule has 0 aliphatic carbocycles. The van der Waals surface area contributed by atoms with Gasteiger partial charge < -0.3 is 15.1 Å². The summed E-state index contributed by atoms with van der Waals surface area (Å²) < 4.78 is 5.33. The third-order valence-corrected chi connectivity index (χ3v) is 4.08. The summed E-state index contributed by atoms with van der Waals surface area (Å²) >= 11 is 0. The van der Waals surface area contributed by atoms with Crippen molar-refractivity contribution < 1.29 is 24.6 Å². The number of hydroxylamine groups is 2. The van der Waals surface area contributed by atoms with Crippen LogP contribution in [0.3, 0.4) is 0 Å². The summed E-state index contributed by atoms with van der Waals surface area (Å²) in [6.07, 6.45) is 0.0859. The van der Waals surface area contributed by atoms with E-state index in [2.05, 4.69) is 0 Å². The first kappa shape index (κ1) is 19.2. The SMILES string of the molecule is CC(C)(C)OC(=O)N1C[C@H](N(O)Cc2ccccc2)CC[C@H]1C(=O)O. The lowest BCUT2D eigenvalue weighted by atomic mass is 9.98. The number of amides is 1. The van der Waals surface area contributed by atoms with E-state index >= 15 is 0 Å². The second kappa shape index (κ2) is 7.84. The predicted octanol–water partition coefficient (Wildman–Crippen LogP) is 2.73. The van der Waals surface area contributed by atoms with Gasteiger partial charge in [-0.25, -0.2) is 9.59 Å². The van der Waals surface area contributed by atoms with Gasteiger partial charge in [0.15, 0.2) is 0 Å². The average molecular weight is 350 g/mol. The van der Waals surface area contributed by atoms with Gasteiger partial charge in [0.2, 0.25) is 0 Å². The largest absolute Gasteiger partial charge is 0.480 e. The van der Waals surface area contributed by atoms with Crippen LogP contribution in [0.4, 0.5) is 4.79 Å². The Kier molecular flexibility index (Phi) is 6.02. The zero-order chi connectivity index (χ0) is 18.6. The molecular formula is C18H26N2O5. The van der Waals surface area contributed by atoms with E-state index in [0.717, 1.165) is 5.56 Å². The highest BCUT2D eigenvalue weighted by Crippen LogP contribution is 2.24.